The van der Waals surface area contributed by atoms with E-state index in [0.29, 0.717) is 30.3 Å². The van der Waals surface area contributed by atoms with Gasteiger partial charge in [-0.25, -0.2) is 5.43 Å². The zero-order chi connectivity index (χ0) is 18.1. The topological polar surface area (TPSA) is 69.2 Å². The zero-order valence-corrected chi connectivity index (χ0v) is 14.6. The minimum Gasteiger partial charge on any atom is -0.494 e. The predicted molar refractivity (Wildman–Crippen MR) is 96.8 cm³/mol. The molecule has 0 bridgehead atoms. The van der Waals surface area contributed by atoms with E-state index in [0.717, 1.165) is 11.3 Å². The molecule has 0 spiro atoms. The number of hydrogen-bond donors (Lipinski definition) is 1. The van der Waals surface area contributed by atoms with Crippen LogP contribution in [0.3, 0.4) is 0 Å². The molecule has 0 unspecified atom stereocenters. The molecule has 0 aliphatic heterocycles. The molecule has 0 saturated carbocycles. The number of nitrogens with one attached hydrogen (secondary N) is 1. The maximum absolute atomic E-state index is 12.1. The average molecular weight is 342 g/mol. The van der Waals surface area contributed by atoms with Gasteiger partial charge < -0.3 is 14.2 Å². The van der Waals surface area contributed by atoms with E-state index in [2.05, 4.69) is 10.5 Å². The Morgan fingerprint density at radius 2 is 1.76 bits per heavy atom. The van der Waals surface area contributed by atoms with Gasteiger partial charge in [-0.05, 0) is 61.9 Å². The number of carbonyl (C=O) groups excluding carboxylic acids is 1. The van der Waals surface area contributed by atoms with Crippen molar-refractivity contribution in [2.24, 2.45) is 5.10 Å². The number of amides is 1. The van der Waals surface area contributed by atoms with Gasteiger partial charge in [-0.1, -0.05) is 0 Å². The van der Waals surface area contributed by atoms with Crippen molar-refractivity contribution in [3.63, 3.8) is 0 Å². The van der Waals surface area contributed by atoms with Gasteiger partial charge in [-0.15, -0.1) is 0 Å². The Labute approximate surface area is 147 Å². The highest BCUT2D eigenvalue weighted by Gasteiger charge is 2.06. The third-order valence-electron chi connectivity index (χ3n) is 3.29. The third-order valence-corrected chi connectivity index (χ3v) is 3.29. The molecule has 6 heteroatoms. The van der Waals surface area contributed by atoms with Gasteiger partial charge in [0.2, 0.25) is 0 Å². The van der Waals surface area contributed by atoms with E-state index >= 15 is 0 Å². The molecule has 2 aromatic carbocycles. The van der Waals surface area contributed by atoms with Gasteiger partial charge in [0.1, 0.15) is 5.75 Å². The fourth-order valence-corrected chi connectivity index (χ4v) is 2.14. The summed E-state index contributed by atoms with van der Waals surface area (Å²) in [5, 5.41) is 3.98. The molecule has 0 fully saturated rings. The molecule has 0 aromatic heterocycles. The van der Waals surface area contributed by atoms with Gasteiger partial charge in [-0.3, -0.25) is 4.79 Å². The number of ether oxygens (including phenoxy) is 3. The van der Waals surface area contributed by atoms with E-state index in [1.807, 2.05) is 19.9 Å². The first-order valence-electron chi connectivity index (χ1n) is 8.05. The number of nitrogens with zero attached hydrogens (tertiary/aromatic N) is 1. The normalized spacial score (nSPS) is 10.5. The van der Waals surface area contributed by atoms with Crippen molar-refractivity contribution in [2.75, 3.05) is 20.3 Å². The molecule has 1 N–H and O–H groups in total. The lowest BCUT2D eigenvalue weighted by Crippen LogP contribution is -2.17. The van der Waals surface area contributed by atoms with Crippen molar-refractivity contribution in [1.29, 1.82) is 0 Å². The molecular weight excluding hydrogens is 320 g/mol. The Hall–Kier alpha value is -3.02. The van der Waals surface area contributed by atoms with Crippen molar-refractivity contribution < 1.29 is 19.0 Å². The highest BCUT2D eigenvalue weighted by Crippen LogP contribution is 2.27. The second-order valence-corrected chi connectivity index (χ2v) is 5.00. The van der Waals surface area contributed by atoms with Crippen LogP contribution in [-0.4, -0.2) is 32.4 Å². The van der Waals surface area contributed by atoms with Gasteiger partial charge in [-0.2, -0.15) is 5.10 Å². The van der Waals surface area contributed by atoms with Crippen LogP contribution in [0.5, 0.6) is 17.2 Å². The number of carbonyl (C=O) groups is 1. The fraction of sp³-hybridized carbons (Fsp3) is 0.263. The summed E-state index contributed by atoms with van der Waals surface area (Å²) in [5.41, 5.74) is 3.78. The molecule has 0 saturated heterocycles. The summed E-state index contributed by atoms with van der Waals surface area (Å²) < 4.78 is 16.1. The van der Waals surface area contributed by atoms with E-state index < -0.39 is 0 Å². The van der Waals surface area contributed by atoms with E-state index in [1.54, 1.807) is 49.7 Å². The largest absolute Gasteiger partial charge is 0.494 e. The Morgan fingerprint density at radius 1 is 1.04 bits per heavy atom. The van der Waals surface area contributed by atoms with E-state index in [1.165, 1.54) is 0 Å². The molecule has 0 atom stereocenters. The van der Waals surface area contributed by atoms with Gasteiger partial charge in [0, 0.05) is 5.56 Å². The molecule has 0 heterocycles. The summed E-state index contributed by atoms with van der Waals surface area (Å²) in [7, 11) is 1.58. The fourth-order valence-electron chi connectivity index (χ4n) is 2.14. The van der Waals surface area contributed by atoms with Crippen LogP contribution in [-0.2, 0) is 0 Å². The number of hydrogen-bond acceptors (Lipinski definition) is 5. The molecule has 0 radical (unpaired) electrons. The Balaban J connectivity index is 1.98. The van der Waals surface area contributed by atoms with Crippen molar-refractivity contribution in [2.45, 2.75) is 13.8 Å². The van der Waals surface area contributed by atoms with Crippen molar-refractivity contribution in [1.82, 2.24) is 5.43 Å². The number of hydrazone groups is 1. The van der Waals surface area contributed by atoms with Crippen molar-refractivity contribution in [3.05, 3.63) is 53.6 Å². The lowest BCUT2D eigenvalue weighted by Gasteiger charge is -2.09. The molecule has 1 amide bonds. The van der Waals surface area contributed by atoms with Gasteiger partial charge in [0.05, 0.1) is 26.5 Å². The van der Waals surface area contributed by atoms with Crippen LogP contribution in [0.1, 0.15) is 29.8 Å². The lowest BCUT2D eigenvalue weighted by atomic mass is 10.2. The van der Waals surface area contributed by atoms with Gasteiger partial charge >= 0.3 is 0 Å². The van der Waals surface area contributed by atoms with Crippen molar-refractivity contribution in [3.8, 4) is 17.2 Å². The van der Waals surface area contributed by atoms with Crippen LogP contribution in [0.25, 0.3) is 0 Å². The average Bonchev–Trinajstić information content (AvgIpc) is 2.63. The van der Waals surface area contributed by atoms with Crippen LogP contribution in [0, 0.1) is 0 Å². The summed E-state index contributed by atoms with van der Waals surface area (Å²) in [4.78, 5) is 12.1. The van der Waals surface area contributed by atoms with Crippen molar-refractivity contribution >= 4 is 12.1 Å². The lowest BCUT2D eigenvalue weighted by molar-refractivity contribution is 0.0955. The first-order valence-corrected chi connectivity index (χ1v) is 8.05. The molecule has 0 aliphatic rings. The highest BCUT2D eigenvalue weighted by atomic mass is 16.5. The molecule has 6 nitrogen and oxygen atoms in total. The zero-order valence-electron chi connectivity index (χ0n) is 14.6. The van der Waals surface area contributed by atoms with E-state index in [9.17, 15) is 4.79 Å². The smallest absolute Gasteiger partial charge is 0.271 e. The maximum Gasteiger partial charge on any atom is 0.271 e. The van der Waals surface area contributed by atoms with Crippen LogP contribution < -0.4 is 19.6 Å². The minimum absolute atomic E-state index is 0.294. The minimum atomic E-state index is -0.294. The SMILES string of the molecule is CCOc1ccc(C(=O)N/N=C\c2ccc(OCC)c(OC)c2)cc1. The Bertz CT molecular complexity index is 727. The molecule has 2 rings (SSSR count). The van der Waals surface area contributed by atoms with Crippen LogP contribution in [0.4, 0.5) is 0 Å². The summed E-state index contributed by atoms with van der Waals surface area (Å²) in [6.45, 7) is 4.96. The van der Waals surface area contributed by atoms with Crippen LogP contribution >= 0.6 is 0 Å². The molecule has 132 valence electrons. The number of benzene rings is 2. The summed E-state index contributed by atoms with van der Waals surface area (Å²) in [5.74, 6) is 1.71. The van der Waals surface area contributed by atoms with Gasteiger partial charge in [0.25, 0.3) is 5.91 Å². The first-order chi connectivity index (χ1) is 12.2. The second kappa shape index (κ2) is 9.32. The standard InChI is InChI=1S/C19H22N2O4/c1-4-24-16-9-7-15(8-10-16)19(22)21-20-13-14-6-11-17(25-5-2)18(12-14)23-3/h6-13H,4-5H2,1-3H3,(H,21,22)/b20-13-. The second-order valence-electron chi connectivity index (χ2n) is 5.00. The van der Waals surface area contributed by atoms with E-state index in [-0.39, 0.29) is 5.91 Å². The summed E-state index contributed by atoms with van der Waals surface area (Å²) in [6, 6.07) is 12.3. The molecular formula is C19H22N2O4. The monoisotopic (exact) mass is 342 g/mol. The third kappa shape index (κ3) is 5.24. The Morgan fingerprint density at radius 3 is 2.40 bits per heavy atom. The van der Waals surface area contributed by atoms with Crippen LogP contribution in [0.15, 0.2) is 47.6 Å². The number of methoxy groups -OCH3 is 1. The van der Waals surface area contributed by atoms with Gasteiger partial charge in [0.15, 0.2) is 11.5 Å². The quantitative estimate of drug-likeness (QED) is 0.590. The molecule has 0 aliphatic carbocycles. The molecule has 2 aromatic rings. The van der Waals surface area contributed by atoms with Crippen LogP contribution in [0.2, 0.25) is 0 Å². The number of rotatable bonds is 8. The van der Waals surface area contributed by atoms with E-state index in [4.69, 9.17) is 14.2 Å². The molecule has 25 heavy (non-hydrogen) atoms. The first kappa shape index (κ1) is 18.3. The summed E-state index contributed by atoms with van der Waals surface area (Å²) in [6.07, 6.45) is 1.55. The highest BCUT2D eigenvalue weighted by molar-refractivity contribution is 5.95. The maximum atomic E-state index is 12.1. The predicted octanol–water partition coefficient (Wildman–Crippen LogP) is 3.26. The Kier molecular flexibility index (Phi) is 6.83. The summed E-state index contributed by atoms with van der Waals surface area (Å²) >= 11 is 0.